The summed E-state index contributed by atoms with van der Waals surface area (Å²) in [7, 11) is 1.68. The Labute approximate surface area is 132 Å². The number of nitrogens with two attached hydrogens (primary N) is 1. The van der Waals surface area contributed by atoms with Gasteiger partial charge in [-0.15, -0.1) is 0 Å². The number of ether oxygens (including phenoxy) is 2. The van der Waals surface area contributed by atoms with E-state index in [4.69, 9.17) is 15.2 Å². The van der Waals surface area contributed by atoms with Crippen molar-refractivity contribution in [3.05, 3.63) is 21.8 Å². The number of anilines is 1. The summed E-state index contributed by atoms with van der Waals surface area (Å²) < 4.78 is 13.6. The van der Waals surface area contributed by atoms with E-state index >= 15 is 0 Å². The number of unbranched alkanes of at least 4 members (excludes halogenated alkanes) is 1. The molecule has 0 bridgehead atoms. The van der Waals surface area contributed by atoms with E-state index in [-0.39, 0.29) is 0 Å². The zero-order valence-corrected chi connectivity index (χ0v) is 13.8. The van der Waals surface area contributed by atoms with Crippen molar-refractivity contribution in [1.82, 2.24) is 9.55 Å². The molecular weight excluding hydrogens is 369 g/mol. The maximum atomic E-state index is 5.99. The Morgan fingerprint density at radius 3 is 2.90 bits per heavy atom. The van der Waals surface area contributed by atoms with Gasteiger partial charge in [0.2, 0.25) is 5.95 Å². The molecule has 1 aromatic carbocycles. The minimum absolute atomic E-state index is 0.585. The first kappa shape index (κ1) is 15.5. The summed E-state index contributed by atoms with van der Waals surface area (Å²) in [4.78, 5) is 4.40. The lowest BCUT2D eigenvalue weighted by Crippen LogP contribution is -2.06. The van der Waals surface area contributed by atoms with Crippen LogP contribution in [0.25, 0.3) is 11.0 Å². The third kappa shape index (κ3) is 4.07. The fourth-order valence-electron chi connectivity index (χ4n) is 2.07. The van der Waals surface area contributed by atoms with Crippen molar-refractivity contribution in [2.75, 3.05) is 32.7 Å². The van der Waals surface area contributed by atoms with Gasteiger partial charge in [0.25, 0.3) is 0 Å². The van der Waals surface area contributed by atoms with Crippen LogP contribution in [0.3, 0.4) is 0 Å². The number of halogens is 1. The fraction of sp³-hybridized carbons (Fsp3) is 0.500. The average Bonchev–Trinajstić information content (AvgIpc) is 2.73. The van der Waals surface area contributed by atoms with Gasteiger partial charge in [-0.05, 0) is 53.6 Å². The van der Waals surface area contributed by atoms with Gasteiger partial charge in [-0.25, -0.2) is 4.98 Å². The standard InChI is InChI=1S/C14H20IN3O2/c1-19-8-9-20-7-3-2-6-18-13-5-4-11(15)10-12(13)17-14(18)16/h4-5,10H,2-3,6-9H2,1H3,(H2,16,17). The summed E-state index contributed by atoms with van der Waals surface area (Å²) in [5.41, 5.74) is 8.05. The largest absolute Gasteiger partial charge is 0.382 e. The number of nitrogens with zero attached hydrogens (tertiary/aromatic N) is 2. The molecule has 2 rings (SSSR count). The van der Waals surface area contributed by atoms with E-state index in [1.54, 1.807) is 7.11 Å². The predicted molar refractivity (Wildman–Crippen MR) is 88.8 cm³/mol. The van der Waals surface area contributed by atoms with Gasteiger partial charge in [0.15, 0.2) is 0 Å². The Hall–Kier alpha value is -0.860. The first-order chi connectivity index (χ1) is 9.72. The highest BCUT2D eigenvalue weighted by Gasteiger charge is 2.07. The van der Waals surface area contributed by atoms with E-state index in [0.717, 1.165) is 37.0 Å². The van der Waals surface area contributed by atoms with Crippen molar-refractivity contribution in [2.24, 2.45) is 0 Å². The number of hydrogen-bond donors (Lipinski definition) is 1. The lowest BCUT2D eigenvalue weighted by molar-refractivity contribution is 0.0684. The minimum atomic E-state index is 0.585. The number of hydrogen-bond acceptors (Lipinski definition) is 4. The normalized spacial score (nSPS) is 11.3. The molecule has 1 heterocycles. The number of imidazole rings is 1. The summed E-state index contributed by atoms with van der Waals surface area (Å²) in [6.07, 6.45) is 2.03. The van der Waals surface area contributed by atoms with E-state index < -0.39 is 0 Å². The number of fused-ring (bicyclic) bond motifs is 1. The van der Waals surface area contributed by atoms with Crippen molar-refractivity contribution >= 4 is 39.6 Å². The molecule has 110 valence electrons. The SMILES string of the molecule is COCCOCCCCn1c(N)nc2cc(I)ccc21. The minimum Gasteiger partial charge on any atom is -0.382 e. The van der Waals surface area contributed by atoms with Gasteiger partial charge in [0, 0.05) is 23.8 Å². The van der Waals surface area contributed by atoms with Crippen LogP contribution in [-0.2, 0) is 16.0 Å². The molecule has 0 aliphatic carbocycles. The molecule has 0 saturated heterocycles. The Morgan fingerprint density at radius 1 is 1.25 bits per heavy atom. The summed E-state index contributed by atoms with van der Waals surface area (Å²) in [6, 6.07) is 6.21. The Morgan fingerprint density at radius 2 is 2.10 bits per heavy atom. The monoisotopic (exact) mass is 389 g/mol. The lowest BCUT2D eigenvalue weighted by atomic mass is 10.3. The molecule has 0 fully saturated rings. The molecule has 5 nitrogen and oxygen atoms in total. The van der Waals surface area contributed by atoms with E-state index in [1.807, 2.05) is 0 Å². The number of aryl methyl sites for hydroxylation is 1. The quantitative estimate of drug-likeness (QED) is 0.557. The van der Waals surface area contributed by atoms with Gasteiger partial charge in [-0.2, -0.15) is 0 Å². The fourth-order valence-corrected chi connectivity index (χ4v) is 2.55. The third-order valence-corrected chi connectivity index (χ3v) is 3.76. The molecular formula is C14H20IN3O2. The number of benzene rings is 1. The molecule has 0 amide bonds. The maximum Gasteiger partial charge on any atom is 0.201 e. The highest BCUT2D eigenvalue weighted by molar-refractivity contribution is 14.1. The van der Waals surface area contributed by atoms with Crippen LogP contribution in [0.5, 0.6) is 0 Å². The summed E-state index contributed by atoms with van der Waals surface area (Å²) in [5.74, 6) is 0.585. The van der Waals surface area contributed by atoms with E-state index in [2.05, 4.69) is 50.3 Å². The lowest BCUT2D eigenvalue weighted by Gasteiger charge is -2.07. The molecule has 0 unspecified atom stereocenters. The van der Waals surface area contributed by atoms with Crippen molar-refractivity contribution in [1.29, 1.82) is 0 Å². The van der Waals surface area contributed by atoms with Gasteiger partial charge in [-0.3, -0.25) is 0 Å². The number of nitrogen functional groups attached to an aromatic ring is 1. The third-order valence-electron chi connectivity index (χ3n) is 3.09. The Bertz CT molecular complexity index is 557. The molecule has 0 saturated carbocycles. The van der Waals surface area contributed by atoms with Crippen LogP contribution >= 0.6 is 22.6 Å². The van der Waals surface area contributed by atoms with Crippen LogP contribution in [0.2, 0.25) is 0 Å². The zero-order valence-electron chi connectivity index (χ0n) is 11.6. The van der Waals surface area contributed by atoms with Crippen LogP contribution in [0.15, 0.2) is 18.2 Å². The van der Waals surface area contributed by atoms with Crippen molar-refractivity contribution < 1.29 is 9.47 Å². The van der Waals surface area contributed by atoms with Gasteiger partial charge in [-0.1, -0.05) is 0 Å². The first-order valence-electron chi connectivity index (χ1n) is 6.70. The maximum absolute atomic E-state index is 5.99. The molecule has 2 N–H and O–H groups in total. The predicted octanol–water partition coefficient (Wildman–Crippen LogP) is 2.67. The van der Waals surface area contributed by atoms with Gasteiger partial charge in [0.1, 0.15) is 0 Å². The van der Waals surface area contributed by atoms with Gasteiger partial charge in [0.05, 0.1) is 24.2 Å². The second-order valence-electron chi connectivity index (χ2n) is 4.57. The summed E-state index contributed by atoms with van der Waals surface area (Å²) in [5, 5.41) is 0. The first-order valence-corrected chi connectivity index (χ1v) is 7.78. The second-order valence-corrected chi connectivity index (χ2v) is 5.81. The topological polar surface area (TPSA) is 62.3 Å². The van der Waals surface area contributed by atoms with Crippen molar-refractivity contribution in [2.45, 2.75) is 19.4 Å². The highest BCUT2D eigenvalue weighted by Crippen LogP contribution is 2.20. The summed E-state index contributed by atoms with van der Waals surface area (Å²) in [6.45, 7) is 2.94. The molecule has 1 aromatic heterocycles. The van der Waals surface area contributed by atoms with Crippen LogP contribution in [-0.4, -0.2) is 36.5 Å². The highest BCUT2D eigenvalue weighted by atomic mass is 127. The molecule has 0 atom stereocenters. The van der Waals surface area contributed by atoms with E-state index in [0.29, 0.717) is 19.2 Å². The Kier molecular flexibility index (Phi) is 6.06. The van der Waals surface area contributed by atoms with Crippen molar-refractivity contribution in [3.63, 3.8) is 0 Å². The van der Waals surface area contributed by atoms with Crippen LogP contribution in [0.4, 0.5) is 5.95 Å². The molecule has 0 aliphatic rings. The van der Waals surface area contributed by atoms with E-state index in [1.165, 1.54) is 3.57 Å². The summed E-state index contributed by atoms with van der Waals surface area (Å²) >= 11 is 2.28. The van der Waals surface area contributed by atoms with Crippen LogP contribution < -0.4 is 5.73 Å². The van der Waals surface area contributed by atoms with Gasteiger partial charge >= 0.3 is 0 Å². The van der Waals surface area contributed by atoms with E-state index in [9.17, 15) is 0 Å². The number of rotatable bonds is 8. The molecule has 0 radical (unpaired) electrons. The van der Waals surface area contributed by atoms with Gasteiger partial charge < -0.3 is 19.8 Å². The van der Waals surface area contributed by atoms with Crippen LogP contribution in [0, 0.1) is 3.57 Å². The molecule has 6 heteroatoms. The molecule has 0 aliphatic heterocycles. The molecule has 20 heavy (non-hydrogen) atoms. The van der Waals surface area contributed by atoms with Crippen LogP contribution in [0.1, 0.15) is 12.8 Å². The second kappa shape index (κ2) is 7.80. The smallest absolute Gasteiger partial charge is 0.201 e. The zero-order chi connectivity index (χ0) is 14.4. The molecule has 0 spiro atoms. The number of methoxy groups -OCH3 is 1. The van der Waals surface area contributed by atoms with Crippen molar-refractivity contribution in [3.8, 4) is 0 Å². The average molecular weight is 389 g/mol. The molecule has 2 aromatic rings. The Balaban J connectivity index is 1.85. The number of aromatic nitrogens is 2.